The number of hydrogen-bond donors (Lipinski definition) is 3. The standard InChI is InChI=1S/C54H71N7O8S/c1-35-49(70-34-57-35)37-21-19-36(20-22-37)28-56-51(65)45-27-40(63)31-61(45)53(67)50(54(2,3)4)58-48(64)18-16-14-12-10-9-11-13-15-17-39(62)30-59(5)32-44-46(68-7)25-38(26-47(44)69-8)43-33-60(6)52(66)42-29-55-24-23-41(42)43/h19-26,29,33-34,40,45,50,63H,9-18,27-28,30-32H2,1-8H3,(H,56,65)(H,58,64)/t40-,45+,50-/m0/s1. The highest BCUT2D eigenvalue weighted by molar-refractivity contribution is 7.13. The van der Waals surface area contributed by atoms with E-state index in [0.29, 0.717) is 49.2 Å². The molecule has 376 valence electrons. The zero-order valence-electron chi connectivity index (χ0n) is 42.1. The van der Waals surface area contributed by atoms with Gasteiger partial charge in [-0.1, -0.05) is 83.6 Å². The number of carbonyl (C=O) groups excluding carboxylic acids is 4. The van der Waals surface area contributed by atoms with Gasteiger partial charge >= 0.3 is 0 Å². The summed E-state index contributed by atoms with van der Waals surface area (Å²) in [6, 6.07) is 11.9. The van der Waals surface area contributed by atoms with Crippen molar-refractivity contribution in [3.8, 4) is 33.1 Å². The monoisotopic (exact) mass is 978 g/mol. The van der Waals surface area contributed by atoms with Gasteiger partial charge in [0.15, 0.2) is 0 Å². The molecule has 70 heavy (non-hydrogen) atoms. The lowest BCUT2D eigenvalue weighted by atomic mass is 9.85. The van der Waals surface area contributed by atoms with E-state index >= 15 is 0 Å². The van der Waals surface area contributed by atoms with Crippen molar-refractivity contribution in [2.75, 3.05) is 34.4 Å². The normalized spacial score (nSPS) is 15.3. The third-order valence-corrected chi connectivity index (χ3v) is 14.1. The number of aliphatic hydroxyl groups excluding tert-OH is 1. The van der Waals surface area contributed by atoms with Crippen LogP contribution in [0.1, 0.15) is 108 Å². The highest BCUT2D eigenvalue weighted by atomic mass is 32.1. The van der Waals surface area contributed by atoms with Crippen molar-refractivity contribution in [1.29, 1.82) is 0 Å². The van der Waals surface area contributed by atoms with Crippen LogP contribution >= 0.6 is 11.3 Å². The number of ether oxygens (including phenoxy) is 2. The van der Waals surface area contributed by atoms with E-state index < -0.39 is 23.6 Å². The molecule has 0 spiro atoms. The first-order valence-electron chi connectivity index (χ1n) is 24.4. The number of nitrogens with one attached hydrogen (secondary N) is 2. The third-order valence-electron chi connectivity index (χ3n) is 13.1. The fourth-order valence-corrected chi connectivity index (χ4v) is 10.0. The van der Waals surface area contributed by atoms with Crippen molar-refractivity contribution in [3.05, 3.63) is 93.7 Å². The Balaban J connectivity index is 0.868. The number of ketones is 1. The summed E-state index contributed by atoms with van der Waals surface area (Å²) in [6.45, 7) is 8.69. The Morgan fingerprint density at radius 3 is 2.17 bits per heavy atom. The summed E-state index contributed by atoms with van der Waals surface area (Å²) in [5, 5.41) is 17.8. The Morgan fingerprint density at radius 2 is 1.56 bits per heavy atom. The quantitative estimate of drug-likeness (QED) is 0.0514. The van der Waals surface area contributed by atoms with Crippen molar-refractivity contribution >= 4 is 45.6 Å². The van der Waals surface area contributed by atoms with Crippen LogP contribution < -0.4 is 25.7 Å². The van der Waals surface area contributed by atoms with E-state index in [4.69, 9.17) is 9.47 Å². The summed E-state index contributed by atoms with van der Waals surface area (Å²) < 4.78 is 13.2. The number of unbranched alkanes of at least 4 members (excludes halogenated alkanes) is 7. The molecule has 1 saturated heterocycles. The molecule has 0 radical (unpaired) electrons. The zero-order chi connectivity index (χ0) is 50.5. The molecule has 6 rings (SSSR count). The average Bonchev–Trinajstić information content (AvgIpc) is 3.96. The van der Waals surface area contributed by atoms with E-state index in [2.05, 4.69) is 20.6 Å². The van der Waals surface area contributed by atoms with Crippen LogP contribution in [0.25, 0.3) is 32.3 Å². The molecule has 2 aromatic carbocycles. The van der Waals surface area contributed by atoms with Crippen LogP contribution in [0.3, 0.4) is 0 Å². The van der Waals surface area contributed by atoms with Crippen molar-refractivity contribution in [3.63, 3.8) is 0 Å². The fraction of sp³-hybridized carbons (Fsp3) is 0.500. The van der Waals surface area contributed by atoms with Gasteiger partial charge in [-0.2, -0.15) is 0 Å². The fourth-order valence-electron chi connectivity index (χ4n) is 9.22. The average molecular weight is 978 g/mol. The summed E-state index contributed by atoms with van der Waals surface area (Å²) in [7, 11) is 6.86. The lowest BCUT2D eigenvalue weighted by molar-refractivity contribution is -0.144. The van der Waals surface area contributed by atoms with Crippen LogP contribution in [0, 0.1) is 12.3 Å². The highest BCUT2D eigenvalue weighted by Gasteiger charge is 2.44. The summed E-state index contributed by atoms with van der Waals surface area (Å²) in [5.74, 6) is 0.521. The second-order valence-corrected chi connectivity index (χ2v) is 20.6. The molecule has 3 aromatic heterocycles. The minimum Gasteiger partial charge on any atom is -0.496 e. The number of aliphatic hydroxyl groups is 1. The Morgan fingerprint density at radius 1 is 0.914 bits per heavy atom. The number of aryl methyl sites for hydroxylation is 2. The van der Waals surface area contributed by atoms with Gasteiger partial charge in [0.25, 0.3) is 5.56 Å². The van der Waals surface area contributed by atoms with E-state index in [-0.39, 0.29) is 48.6 Å². The summed E-state index contributed by atoms with van der Waals surface area (Å²) in [6.07, 6.45) is 12.7. The van der Waals surface area contributed by atoms with E-state index in [1.807, 2.05) is 87.6 Å². The number of nitrogens with zero attached hydrogens (tertiary/aromatic N) is 5. The molecule has 4 heterocycles. The van der Waals surface area contributed by atoms with E-state index in [9.17, 15) is 29.1 Å². The molecule has 1 aliphatic rings. The van der Waals surface area contributed by atoms with Gasteiger partial charge in [0.2, 0.25) is 17.7 Å². The molecule has 0 saturated carbocycles. The Kier molecular flexibility index (Phi) is 18.9. The van der Waals surface area contributed by atoms with Gasteiger partial charge in [-0.15, -0.1) is 11.3 Å². The molecule has 1 fully saturated rings. The number of thiazole rings is 1. The number of pyridine rings is 2. The summed E-state index contributed by atoms with van der Waals surface area (Å²) in [5.41, 5.74) is 6.53. The Labute approximate surface area is 416 Å². The van der Waals surface area contributed by atoms with Gasteiger partial charge in [-0.25, -0.2) is 4.98 Å². The molecular formula is C54H71N7O8S. The van der Waals surface area contributed by atoms with Crippen LogP contribution in [-0.4, -0.2) is 105 Å². The number of benzene rings is 2. The molecule has 3 N–H and O–H groups in total. The molecule has 0 bridgehead atoms. The topological polar surface area (TPSA) is 185 Å². The number of carbonyl (C=O) groups is 4. The maximum absolute atomic E-state index is 14.0. The van der Waals surface area contributed by atoms with Crippen LogP contribution in [0.2, 0.25) is 0 Å². The van der Waals surface area contributed by atoms with E-state index in [1.165, 1.54) is 4.90 Å². The zero-order valence-corrected chi connectivity index (χ0v) is 43.0. The molecule has 0 aliphatic carbocycles. The first-order chi connectivity index (χ1) is 33.5. The Bertz CT molecular complexity index is 2630. The number of likely N-dealkylation sites (N-methyl/N-ethyl adjacent to an activating group) is 1. The van der Waals surface area contributed by atoms with Gasteiger partial charge in [0.05, 0.1) is 53.9 Å². The first kappa shape index (κ1) is 53.4. The van der Waals surface area contributed by atoms with Crippen LogP contribution in [-0.2, 0) is 39.3 Å². The van der Waals surface area contributed by atoms with Gasteiger partial charge in [-0.3, -0.25) is 33.9 Å². The second-order valence-electron chi connectivity index (χ2n) is 19.7. The van der Waals surface area contributed by atoms with Crippen LogP contribution in [0.4, 0.5) is 0 Å². The molecular weight excluding hydrogens is 907 g/mol. The molecule has 0 unspecified atom stereocenters. The predicted octanol–water partition coefficient (Wildman–Crippen LogP) is 7.76. The van der Waals surface area contributed by atoms with Crippen LogP contribution in [0.5, 0.6) is 11.5 Å². The summed E-state index contributed by atoms with van der Waals surface area (Å²) >= 11 is 1.58. The molecule has 3 atom stereocenters. The van der Waals surface area contributed by atoms with Gasteiger partial charge in [0, 0.05) is 70.1 Å². The minimum absolute atomic E-state index is 0.0257. The van der Waals surface area contributed by atoms with Crippen molar-refractivity contribution in [2.45, 2.75) is 130 Å². The molecule has 3 amide bonds. The molecule has 16 heteroatoms. The van der Waals surface area contributed by atoms with Crippen molar-refractivity contribution in [1.82, 2.24) is 35.0 Å². The SMILES string of the molecule is COc1cc(-c2cn(C)c(=O)c3cnccc23)cc(OC)c1CN(C)CC(=O)CCCCCCCCCCC(=O)N[C@@H](C(=O)N1C[C@@H](O)C[C@@H]1C(=O)NCc1ccc(-c2scnc2C)cc1)C(C)(C)C. The number of aromatic nitrogens is 3. The van der Waals surface area contributed by atoms with Gasteiger partial charge in [0.1, 0.15) is 29.4 Å². The van der Waals surface area contributed by atoms with E-state index in [1.54, 1.807) is 55.8 Å². The lowest BCUT2D eigenvalue weighted by Crippen LogP contribution is -2.57. The van der Waals surface area contributed by atoms with Crippen LogP contribution in [0.15, 0.2) is 71.4 Å². The Hall–Kier alpha value is -5.97. The molecule has 5 aromatic rings. The largest absolute Gasteiger partial charge is 0.496 e. The maximum Gasteiger partial charge on any atom is 0.259 e. The highest BCUT2D eigenvalue weighted by Crippen LogP contribution is 2.38. The molecule has 1 aliphatic heterocycles. The number of likely N-dealkylation sites (tertiary alicyclic amines) is 1. The number of Topliss-reactive ketones (excluding diaryl/α,β-unsaturated/α-hetero) is 1. The number of amides is 3. The smallest absolute Gasteiger partial charge is 0.259 e. The third kappa shape index (κ3) is 13.9. The van der Waals surface area contributed by atoms with Gasteiger partial charge < -0.3 is 34.7 Å². The first-order valence-corrected chi connectivity index (χ1v) is 25.3. The number of fused-ring (bicyclic) bond motifs is 1. The molecule has 15 nitrogen and oxygen atoms in total. The summed E-state index contributed by atoms with van der Waals surface area (Å²) in [4.78, 5) is 79.4. The number of rotatable bonds is 24. The lowest BCUT2D eigenvalue weighted by Gasteiger charge is -2.35. The second kappa shape index (κ2) is 24.7. The van der Waals surface area contributed by atoms with E-state index in [0.717, 1.165) is 88.7 Å². The van der Waals surface area contributed by atoms with Gasteiger partial charge in [-0.05, 0) is 72.5 Å². The number of β-amino-alcohol motifs (C(OH)–C–C–N with tert-alkyl or cyclic N) is 1. The van der Waals surface area contributed by atoms with Crippen molar-refractivity contribution < 1.29 is 33.8 Å². The number of methoxy groups -OCH3 is 2. The van der Waals surface area contributed by atoms with Crippen molar-refractivity contribution in [2.24, 2.45) is 12.5 Å². The minimum atomic E-state index is -0.860. The maximum atomic E-state index is 14.0. The predicted molar refractivity (Wildman–Crippen MR) is 275 cm³/mol. The number of hydrogen-bond acceptors (Lipinski definition) is 12.